The Labute approximate surface area is 95.5 Å². The predicted molar refractivity (Wildman–Crippen MR) is 54.2 cm³/mol. The smallest absolute Gasteiger partial charge is 0.391 e. The number of rotatable bonds is 1. The molecule has 0 aliphatic carbocycles. The van der Waals surface area contributed by atoms with Gasteiger partial charge in [-0.05, 0) is 24.6 Å². The minimum Gasteiger partial charge on any atom is -0.391 e. The first-order valence-electron chi connectivity index (χ1n) is 5.17. The van der Waals surface area contributed by atoms with E-state index in [0.717, 1.165) is 12.1 Å². The summed E-state index contributed by atoms with van der Waals surface area (Å²) in [5, 5.41) is 9.29. The number of hydrogen-bond acceptors (Lipinski definition) is 2. The molecule has 6 heteroatoms. The SMILES string of the molecule is O[C@H]1CCN(c2ccc(C(F)(F)F)cc2F)C1. The lowest BCUT2D eigenvalue weighted by molar-refractivity contribution is -0.137. The van der Waals surface area contributed by atoms with Gasteiger partial charge in [0.05, 0.1) is 17.4 Å². The van der Waals surface area contributed by atoms with Crippen molar-refractivity contribution in [3.63, 3.8) is 0 Å². The summed E-state index contributed by atoms with van der Waals surface area (Å²) in [5.74, 6) is -0.908. The van der Waals surface area contributed by atoms with E-state index in [1.165, 1.54) is 0 Å². The van der Waals surface area contributed by atoms with Crippen molar-refractivity contribution >= 4 is 5.69 Å². The van der Waals surface area contributed by atoms with E-state index in [4.69, 9.17) is 0 Å². The quantitative estimate of drug-likeness (QED) is 0.772. The molecule has 1 N–H and O–H groups in total. The van der Waals surface area contributed by atoms with Gasteiger partial charge >= 0.3 is 6.18 Å². The van der Waals surface area contributed by atoms with Crippen molar-refractivity contribution < 1.29 is 22.7 Å². The number of nitrogens with zero attached hydrogens (tertiary/aromatic N) is 1. The number of aliphatic hydroxyl groups is 1. The molecule has 1 saturated heterocycles. The van der Waals surface area contributed by atoms with Crippen molar-refractivity contribution in [1.82, 2.24) is 0 Å². The lowest BCUT2D eigenvalue weighted by Gasteiger charge is -2.19. The second kappa shape index (κ2) is 4.18. The molecule has 0 amide bonds. The summed E-state index contributed by atoms with van der Waals surface area (Å²) in [6.07, 6.45) is -4.58. The van der Waals surface area contributed by atoms with Crippen LogP contribution < -0.4 is 4.90 Å². The van der Waals surface area contributed by atoms with E-state index in [1.807, 2.05) is 0 Å². The number of β-amino-alcohol motifs (C(OH)–C–C–N with tert-alkyl or cyclic N) is 1. The number of benzene rings is 1. The number of anilines is 1. The van der Waals surface area contributed by atoms with Gasteiger partial charge in [-0.25, -0.2) is 4.39 Å². The summed E-state index contributed by atoms with van der Waals surface area (Å²) in [4.78, 5) is 1.54. The Morgan fingerprint density at radius 1 is 1.29 bits per heavy atom. The third kappa shape index (κ3) is 2.52. The first kappa shape index (κ1) is 12.2. The Balaban J connectivity index is 2.26. The highest BCUT2D eigenvalue weighted by Crippen LogP contribution is 2.33. The topological polar surface area (TPSA) is 23.5 Å². The second-order valence-corrected chi connectivity index (χ2v) is 4.05. The summed E-state index contributed by atoms with van der Waals surface area (Å²) >= 11 is 0. The number of aliphatic hydroxyl groups excluding tert-OH is 1. The summed E-state index contributed by atoms with van der Waals surface area (Å²) in [6, 6.07) is 2.44. The Bertz CT molecular complexity index is 418. The molecule has 1 aliphatic rings. The maximum Gasteiger partial charge on any atom is 0.416 e. The fourth-order valence-corrected chi connectivity index (χ4v) is 1.90. The molecule has 1 aliphatic heterocycles. The Morgan fingerprint density at radius 2 is 2.00 bits per heavy atom. The van der Waals surface area contributed by atoms with E-state index >= 15 is 0 Å². The van der Waals surface area contributed by atoms with Gasteiger partial charge in [0.25, 0.3) is 0 Å². The maximum atomic E-state index is 13.5. The van der Waals surface area contributed by atoms with Crippen molar-refractivity contribution in [2.24, 2.45) is 0 Å². The third-order valence-electron chi connectivity index (χ3n) is 2.78. The monoisotopic (exact) mass is 249 g/mol. The zero-order valence-corrected chi connectivity index (χ0v) is 8.84. The van der Waals surface area contributed by atoms with Gasteiger partial charge in [-0.15, -0.1) is 0 Å². The lowest BCUT2D eigenvalue weighted by atomic mass is 10.2. The third-order valence-corrected chi connectivity index (χ3v) is 2.78. The highest BCUT2D eigenvalue weighted by Gasteiger charge is 2.32. The molecule has 1 atom stereocenters. The van der Waals surface area contributed by atoms with Gasteiger partial charge < -0.3 is 10.0 Å². The van der Waals surface area contributed by atoms with Gasteiger partial charge in [0, 0.05) is 13.1 Å². The van der Waals surface area contributed by atoms with Crippen LogP contribution in [0.2, 0.25) is 0 Å². The molecule has 1 fully saturated rings. The van der Waals surface area contributed by atoms with Crippen LogP contribution in [-0.2, 0) is 6.18 Å². The summed E-state index contributed by atoms with van der Waals surface area (Å²) < 4.78 is 50.5. The van der Waals surface area contributed by atoms with Gasteiger partial charge in [-0.3, -0.25) is 0 Å². The average molecular weight is 249 g/mol. The average Bonchev–Trinajstić information content (AvgIpc) is 2.63. The number of halogens is 4. The van der Waals surface area contributed by atoms with E-state index in [9.17, 15) is 22.7 Å². The minimum atomic E-state index is -4.54. The predicted octanol–water partition coefficient (Wildman–Crippen LogP) is 2.42. The van der Waals surface area contributed by atoms with E-state index in [0.29, 0.717) is 19.0 Å². The second-order valence-electron chi connectivity index (χ2n) is 4.05. The van der Waals surface area contributed by atoms with E-state index in [1.54, 1.807) is 4.90 Å². The molecule has 0 unspecified atom stereocenters. The maximum absolute atomic E-state index is 13.5. The van der Waals surface area contributed by atoms with Crippen LogP contribution in [0, 0.1) is 5.82 Å². The van der Waals surface area contributed by atoms with Crippen LogP contribution in [0.4, 0.5) is 23.2 Å². The highest BCUT2D eigenvalue weighted by atomic mass is 19.4. The standard InChI is InChI=1S/C11H11F4NO/c12-9-5-7(11(13,14)15)1-2-10(9)16-4-3-8(17)6-16/h1-2,5,8,17H,3-4,6H2/t8-/m0/s1. The molecular formula is C11H11F4NO. The summed E-state index contributed by atoms with van der Waals surface area (Å²) in [7, 11) is 0. The molecular weight excluding hydrogens is 238 g/mol. The Morgan fingerprint density at radius 3 is 2.47 bits per heavy atom. The number of hydrogen-bond donors (Lipinski definition) is 1. The molecule has 2 nitrogen and oxygen atoms in total. The van der Waals surface area contributed by atoms with Crippen molar-refractivity contribution in [1.29, 1.82) is 0 Å². The van der Waals surface area contributed by atoms with Gasteiger partial charge in [0.15, 0.2) is 0 Å². The summed E-state index contributed by atoms with van der Waals surface area (Å²) in [6.45, 7) is 0.700. The molecule has 2 rings (SSSR count). The Kier molecular flexibility index (Phi) is 2.99. The van der Waals surface area contributed by atoms with Gasteiger partial charge in [-0.1, -0.05) is 0 Å². The molecule has 1 aromatic carbocycles. The van der Waals surface area contributed by atoms with Gasteiger partial charge in [0.2, 0.25) is 0 Å². The van der Waals surface area contributed by atoms with Crippen molar-refractivity contribution in [2.45, 2.75) is 18.7 Å². The minimum absolute atomic E-state index is 0.106. The summed E-state index contributed by atoms with van der Waals surface area (Å²) in [5.41, 5.74) is -0.895. The first-order chi connectivity index (χ1) is 7.88. The van der Waals surface area contributed by atoms with Crippen LogP contribution in [0.15, 0.2) is 18.2 Å². The highest BCUT2D eigenvalue weighted by molar-refractivity contribution is 5.50. The van der Waals surface area contributed by atoms with Crippen LogP contribution >= 0.6 is 0 Å². The molecule has 1 heterocycles. The van der Waals surface area contributed by atoms with Crippen LogP contribution in [-0.4, -0.2) is 24.3 Å². The van der Waals surface area contributed by atoms with Crippen LogP contribution in [0.5, 0.6) is 0 Å². The zero-order valence-electron chi connectivity index (χ0n) is 8.84. The molecule has 0 spiro atoms. The normalized spacial score (nSPS) is 21.0. The van der Waals surface area contributed by atoms with E-state index < -0.39 is 23.7 Å². The molecule has 0 radical (unpaired) electrons. The van der Waals surface area contributed by atoms with E-state index in [-0.39, 0.29) is 12.2 Å². The van der Waals surface area contributed by atoms with Gasteiger partial charge in [0.1, 0.15) is 5.82 Å². The van der Waals surface area contributed by atoms with Crippen LogP contribution in [0.1, 0.15) is 12.0 Å². The molecule has 1 aromatic rings. The zero-order chi connectivity index (χ0) is 12.6. The molecule has 17 heavy (non-hydrogen) atoms. The molecule has 0 aromatic heterocycles. The first-order valence-corrected chi connectivity index (χ1v) is 5.17. The largest absolute Gasteiger partial charge is 0.416 e. The van der Waals surface area contributed by atoms with E-state index in [2.05, 4.69) is 0 Å². The molecule has 0 saturated carbocycles. The van der Waals surface area contributed by atoms with Crippen LogP contribution in [0.3, 0.4) is 0 Å². The lowest BCUT2D eigenvalue weighted by Crippen LogP contribution is -2.22. The van der Waals surface area contributed by atoms with Crippen molar-refractivity contribution in [3.05, 3.63) is 29.6 Å². The van der Waals surface area contributed by atoms with Gasteiger partial charge in [-0.2, -0.15) is 13.2 Å². The van der Waals surface area contributed by atoms with Crippen LogP contribution in [0.25, 0.3) is 0 Å². The number of alkyl halides is 3. The molecule has 0 bridgehead atoms. The van der Waals surface area contributed by atoms with Crippen molar-refractivity contribution in [3.8, 4) is 0 Å². The fraction of sp³-hybridized carbons (Fsp3) is 0.455. The fourth-order valence-electron chi connectivity index (χ4n) is 1.90. The Hall–Kier alpha value is -1.30. The molecule has 94 valence electrons. The van der Waals surface area contributed by atoms with Crippen molar-refractivity contribution in [2.75, 3.05) is 18.0 Å².